The van der Waals surface area contributed by atoms with Crippen molar-refractivity contribution in [2.24, 2.45) is 5.73 Å². The maximum absolute atomic E-state index is 11.7. The maximum atomic E-state index is 11.7. The van der Waals surface area contributed by atoms with Gasteiger partial charge >= 0.3 is 0 Å². The lowest BCUT2D eigenvalue weighted by Crippen LogP contribution is -2.47. The minimum atomic E-state index is -0.614. The Kier molecular flexibility index (Phi) is 5.46. The zero-order valence-electron chi connectivity index (χ0n) is 11.7. The van der Waals surface area contributed by atoms with Gasteiger partial charge in [0.15, 0.2) is 0 Å². The van der Waals surface area contributed by atoms with Crippen molar-refractivity contribution in [1.29, 1.82) is 0 Å². The number of nitrogens with two attached hydrogens (primary N) is 1. The van der Waals surface area contributed by atoms with Crippen LogP contribution in [0.3, 0.4) is 0 Å². The predicted molar refractivity (Wildman–Crippen MR) is 77.9 cm³/mol. The highest BCUT2D eigenvalue weighted by molar-refractivity contribution is 5.94. The first-order valence-corrected chi connectivity index (χ1v) is 6.41. The molecule has 0 aromatic heterocycles. The number of nitrogens with one attached hydrogen (secondary N) is 1. The molecule has 108 valence electrons. The summed E-state index contributed by atoms with van der Waals surface area (Å²) in [6, 6.07) is 6.61. The third-order valence-electron chi connectivity index (χ3n) is 3.18. The predicted octanol–water partition coefficient (Wildman–Crippen LogP) is 1.08. The lowest BCUT2D eigenvalue weighted by molar-refractivity contribution is -0.118. The van der Waals surface area contributed by atoms with Gasteiger partial charge in [-0.1, -0.05) is 19.1 Å². The van der Waals surface area contributed by atoms with E-state index in [0.717, 1.165) is 5.56 Å². The molecule has 0 radical (unpaired) electrons. The van der Waals surface area contributed by atoms with Crippen molar-refractivity contribution in [1.82, 2.24) is 5.32 Å². The Morgan fingerprint density at radius 3 is 2.40 bits per heavy atom. The number of aliphatic hydroxyl groups excluding tert-OH is 1. The molecular formula is C15H20N2O3. The van der Waals surface area contributed by atoms with Crippen LogP contribution in [0, 0.1) is 0 Å². The number of primary amides is 1. The highest BCUT2D eigenvalue weighted by atomic mass is 16.3. The highest BCUT2D eigenvalue weighted by Crippen LogP contribution is 2.09. The Morgan fingerprint density at radius 1 is 1.35 bits per heavy atom. The second-order valence-corrected chi connectivity index (χ2v) is 4.88. The van der Waals surface area contributed by atoms with Crippen molar-refractivity contribution in [3.63, 3.8) is 0 Å². The molecule has 1 aromatic carbocycles. The van der Waals surface area contributed by atoms with Gasteiger partial charge in [-0.2, -0.15) is 0 Å². The van der Waals surface area contributed by atoms with Gasteiger partial charge in [0.25, 0.3) is 0 Å². The Hall–Kier alpha value is -2.14. The minimum absolute atomic E-state index is 0.115. The Bertz CT molecular complexity index is 502. The highest BCUT2D eigenvalue weighted by Gasteiger charge is 2.21. The SMILES string of the molecule is CCC(C)(CO)NC(=O)C=Cc1ccc(C(N)=O)cc1. The smallest absolute Gasteiger partial charge is 0.248 e. The van der Waals surface area contributed by atoms with Crippen LogP contribution in [0.25, 0.3) is 6.08 Å². The van der Waals surface area contributed by atoms with E-state index >= 15 is 0 Å². The second kappa shape index (κ2) is 6.86. The molecule has 5 heteroatoms. The van der Waals surface area contributed by atoms with E-state index in [9.17, 15) is 14.7 Å². The van der Waals surface area contributed by atoms with Crippen LogP contribution >= 0.6 is 0 Å². The van der Waals surface area contributed by atoms with E-state index < -0.39 is 11.4 Å². The van der Waals surface area contributed by atoms with Gasteiger partial charge in [-0.05, 0) is 37.1 Å². The summed E-state index contributed by atoms with van der Waals surface area (Å²) in [6.45, 7) is 3.56. The van der Waals surface area contributed by atoms with Crippen LogP contribution < -0.4 is 11.1 Å². The first kappa shape index (κ1) is 15.9. The molecule has 1 atom stereocenters. The molecule has 0 aliphatic carbocycles. The molecule has 0 bridgehead atoms. The monoisotopic (exact) mass is 276 g/mol. The molecule has 5 nitrogen and oxygen atoms in total. The van der Waals surface area contributed by atoms with Crippen molar-refractivity contribution < 1.29 is 14.7 Å². The van der Waals surface area contributed by atoms with Crippen LogP contribution in [0.5, 0.6) is 0 Å². The van der Waals surface area contributed by atoms with E-state index in [4.69, 9.17) is 5.73 Å². The third-order valence-corrected chi connectivity index (χ3v) is 3.18. The average molecular weight is 276 g/mol. The van der Waals surface area contributed by atoms with Crippen LogP contribution in [0.2, 0.25) is 0 Å². The van der Waals surface area contributed by atoms with E-state index in [-0.39, 0.29) is 12.5 Å². The minimum Gasteiger partial charge on any atom is -0.394 e. The summed E-state index contributed by atoms with van der Waals surface area (Å²) >= 11 is 0. The number of amides is 2. The maximum Gasteiger partial charge on any atom is 0.248 e. The van der Waals surface area contributed by atoms with Gasteiger partial charge in [0, 0.05) is 11.6 Å². The van der Waals surface area contributed by atoms with Crippen LogP contribution in [0.15, 0.2) is 30.3 Å². The lowest BCUT2D eigenvalue weighted by Gasteiger charge is -2.26. The van der Waals surface area contributed by atoms with E-state index in [0.29, 0.717) is 12.0 Å². The average Bonchev–Trinajstić information content (AvgIpc) is 2.45. The number of rotatable bonds is 6. The quantitative estimate of drug-likeness (QED) is 0.679. The summed E-state index contributed by atoms with van der Waals surface area (Å²) in [6.07, 6.45) is 3.66. The zero-order valence-corrected chi connectivity index (χ0v) is 11.7. The number of hydrogen-bond acceptors (Lipinski definition) is 3. The standard InChI is InChI=1S/C15H20N2O3/c1-3-15(2,10-18)17-13(19)9-6-11-4-7-12(8-5-11)14(16)20/h4-9,18H,3,10H2,1-2H3,(H2,16,20)(H,17,19). The second-order valence-electron chi connectivity index (χ2n) is 4.88. The van der Waals surface area contributed by atoms with Crippen molar-refractivity contribution in [2.45, 2.75) is 25.8 Å². The van der Waals surface area contributed by atoms with Crippen LogP contribution in [0.1, 0.15) is 36.2 Å². The number of carbonyl (C=O) groups excluding carboxylic acids is 2. The first-order valence-electron chi connectivity index (χ1n) is 6.41. The molecule has 0 fully saturated rings. The largest absolute Gasteiger partial charge is 0.394 e. The fourth-order valence-corrected chi connectivity index (χ4v) is 1.51. The molecule has 1 unspecified atom stereocenters. The van der Waals surface area contributed by atoms with E-state index in [1.165, 1.54) is 6.08 Å². The van der Waals surface area contributed by atoms with Gasteiger partial charge in [0.1, 0.15) is 0 Å². The van der Waals surface area contributed by atoms with Gasteiger partial charge in [0.2, 0.25) is 11.8 Å². The Balaban J connectivity index is 2.68. The molecular weight excluding hydrogens is 256 g/mol. The van der Waals surface area contributed by atoms with Gasteiger partial charge in [-0.3, -0.25) is 9.59 Å². The fourth-order valence-electron chi connectivity index (χ4n) is 1.51. The fraction of sp³-hybridized carbons (Fsp3) is 0.333. The molecule has 4 N–H and O–H groups in total. The molecule has 1 rings (SSSR count). The molecule has 1 aromatic rings. The van der Waals surface area contributed by atoms with Crippen LogP contribution in [-0.4, -0.2) is 29.1 Å². The Labute approximate surface area is 118 Å². The van der Waals surface area contributed by atoms with Gasteiger partial charge in [0.05, 0.1) is 12.1 Å². The van der Waals surface area contributed by atoms with E-state index in [1.54, 1.807) is 37.3 Å². The number of carbonyl (C=O) groups is 2. The van der Waals surface area contributed by atoms with Crippen molar-refractivity contribution in [2.75, 3.05) is 6.61 Å². The number of aliphatic hydroxyl groups is 1. The molecule has 20 heavy (non-hydrogen) atoms. The summed E-state index contributed by atoms with van der Waals surface area (Å²) in [5.41, 5.74) is 5.73. The van der Waals surface area contributed by atoms with Crippen molar-refractivity contribution in [3.8, 4) is 0 Å². The summed E-state index contributed by atoms with van der Waals surface area (Å²) < 4.78 is 0. The lowest BCUT2D eigenvalue weighted by atomic mass is 10.0. The summed E-state index contributed by atoms with van der Waals surface area (Å²) in [5, 5.41) is 12.0. The van der Waals surface area contributed by atoms with Gasteiger partial charge in [-0.15, -0.1) is 0 Å². The molecule has 0 saturated heterocycles. The topological polar surface area (TPSA) is 92.4 Å². The Morgan fingerprint density at radius 2 is 1.95 bits per heavy atom. The molecule has 2 amide bonds. The number of hydrogen-bond donors (Lipinski definition) is 3. The molecule has 0 aliphatic heterocycles. The molecule has 0 aliphatic rings. The summed E-state index contributed by atoms with van der Waals surface area (Å²) in [4.78, 5) is 22.7. The summed E-state index contributed by atoms with van der Waals surface area (Å²) in [7, 11) is 0. The van der Waals surface area contributed by atoms with Gasteiger partial charge in [-0.25, -0.2) is 0 Å². The third kappa shape index (κ3) is 4.51. The van der Waals surface area contributed by atoms with Crippen LogP contribution in [0.4, 0.5) is 0 Å². The van der Waals surface area contributed by atoms with Gasteiger partial charge < -0.3 is 16.2 Å². The molecule has 0 heterocycles. The van der Waals surface area contributed by atoms with Crippen molar-refractivity contribution >= 4 is 17.9 Å². The number of benzene rings is 1. The van der Waals surface area contributed by atoms with E-state index in [2.05, 4.69) is 5.32 Å². The zero-order chi connectivity index (χ0) is 15.2. The normalized spacial score (nSPS) is 13.9. The van der Waals surface area contributed by atoms with E-state index in [1.807, 2.05) is 6.92 Å². The molecule has 0 saturated carbocycles. The molecule has 0 spiro atoms. The summed E-state index contributed by atoms with van der Waals surface area (Å²) in [5.74, 6) is -0.762. The first-order chi connectivity index (χ1) is 9.40. The van der Waals surface area contributed by atoms with Crippen LogP contribution in [-0.2, 0) is 4.79 Å². The van der Waals surface area contributed by atoms with Crippen molar-refractivity contribution in [3.05, 3.63) is 41.5 Å².